The minimum atomic E-state index is -2.83. The molecule has 1 unspecified atom stereocenters. The molecule has 1 saturated carbocycles. The molecule has 2 N–H and O–H groups in total. The molecule has 9 nitrogen and oxygen atoms in total. The zero-order valence-corrected chi connectivity index (χ0v) is 27.1. The number of nitrogens with one attached hydrogen (secondary N) is 2. The second kappa shape index (κ2) is 14.3. The maximum atomic E-state index is 15.6. The van der Waals surface area contributed by atoms with Gasteiger partial charge in [0.1, 0.15) is 11.3 Å². The van der Waals surface area contributed by atoms with Crippen LogP contribution >= 0.6 is 28.4 Å². The average Bonchev–Trinajstić information content (AvgIpc) is 3.67. The summed E-state index contributed by atoms with van der Waals surface area (Å²) in [6.07, 6.45) is 0.424. The minimum absolute atomic E-state index is 0.0830. The summed E-state index contributed by atoms with van der Waals surface area (Å²) in [6, 6.07) is 4.68. The quantitative estimate of drug-likeness (QED) is 0.142. The highest BCUT2D eigenvalue weighted by Gasteiger charge is 2.31. The van der Waals surface area contributed by atoms with Crippen molar-refractivity contribution in [1.82, 2.24) is 24.1 Å². The molecule has 222 valence electrons. The van der Waals surface area contributed by atoms with Crippen LogP contribution in [0.1, 0.15) is 58.3 Å². The van der Waals surface area contributed by atoms with Crippen molar-refractivity contribution >= 4 is 62.7 Å². The van der Waals surface area contributed by atoms with E-state index in [1.54, 1.807) is 30.1 Å². The van der Waals surface area contributed by atoms with Crippen LogP contribution in [0.4, 0.5) is 30.4 Å². The highest BCUT2D eigenvalue weighted by Crippen LogP contribution is 2.41. The maximum Gasteiger partial charge on any atom is 0.295 e. The molecule has 1 aliphatic carbocycles. The number of benzene rings is 1. The number of carbonyl (C=O) groups is 1. The maximum absolute atomic E-state index is 15.6. The van der Waals surface area contributed by atoms with Gasteiger partial charge in [0.2, 0.25) is 5.91 Å². The molecule has 0 spiro atoms. The van der Waals surface area contributed by atoms with Crippen LogP contribution in [0.5, 0.6) is 5.75 Å². The Morgan fingerprint density at radius 3 is 2.39 bits per heavy atom. The highest BCUT2D eigenvalue weighted by molar-refractivity contribution is 14.2. The van der Waals surface area contributed by atoms with Crippen molar-refractivity contribution in [2.75, 3.05) is 17.7 Å². The number of aryl methyl sites for hydroxylation is 2. The summed E-state index contributed by atoms with van der Waals surface area (Å²) in [5, 5.41) is 10.2. The van der Waals surface area contributed by atoms with Crippen LogP contribution in [0, 0.1) is 18.7 Å². The monoisotopic (exact) mass is 703 g/mol. The molecule has 41 heavy (non-hydrogen) atoms. The van der Waals surface area contributed by atoms with Gasteiger partial charge < -0.3 is 15.4 Å². The van der Waals surface area contributed by atoms with Crippen molar-refractivity contribution in [3.05, 3.63) is 41.6 Å². The predicted molar refractivity (Wildman–Crippen MR) is 167 cm³/mol. The van der Waals surface area contributed by atoms with Crippen LogP contribution in [-0.4, -0.2) is 37.1 Å². The number of imidazole rings is 1. The van der Waals surface area contributed by atoms with E-state index in [2.05, 4.69) is 25.7 Å². The zero-order chi connectivity index (χ0) is 30.4. The van der Waals surface area contributed by atoms with E-state index in [1.165, 1.54) is 17.5 Å². The molecular formula is C27H34F3IN7O2P. The Hall–Kier alpha value is -2.93. The van der Waals surface area contributed by atoms with E-state index < -0.39 is 18.1 Å². The number of anilines is 3. The number of nitrogens with zero attached hydrogens (tertiary/aromatic N) is 5. The Morgan fingerprint density at radius 2 is 1.85 bits per heavy atom. The van der Waals surface area contributed by atoms with Crippen molar-refractivity contribution in [3.63, 3.8) is 0 Å². The van der Waals surface area contributed by atoms with Gasteiger partial charge in [-0.3, -0.25) is 13.8 Å². The normalized spacial score (nSPS) is 12.7. The lowest BCUT2D eigenvalue weighted by Gasteiger charge is -2.15. The van der Waals surface area contributed by atoms with Crippen molar-refractivity contribution in [2.45, 2.75) is 53.9 Å². The Bertz CT molecular complexity index is 1520. The SMILES string of the molecule is CC.CC.COc1c(Nc2cc(NC(=O)C3CC3)nc3c2nc(C(F)F)n3PI)ccc(-c2nn(C)cc2C)c1F. The minimum Gasteiger partial charge on any atom is -0.492 e. The van der Waals surface area contributed by atoms with E-state index in [-0.39, 0.29) is 57.9 Å². The van der Waals surface area contributed by atoms with Gasteiger partial charge in [-0.25, -0.2) is 23.1 Å². The number of amides is 1. The third kappa shape index (κ3) is 6.94. The lowest BCUT2D eigenvalue weighted by molar-refractivity contribution is -0.117. The molecule has 0 saturated heterocycles. The van der Waals surface area contributed by atoms with E-state index in [0.717, 1.165) is 18.4 Å². The number of alkyl halides is 2. The van der Waals surface area contributed by atoms with Crippen LogP contribution in [0.3, 0.4) is 0 Å². The molecule has 3 aromatic heterocycles. The van der Waals surface area contributed by atoms with Gasteiger partial charge in [0, 0.05) is 30.8 Å². The van der Waals surface area contributed by atoms with Crippen molar-refractivity contribution in [2.24, 2.45) is 13.0 Å². The Balaban J connectivity index is 0.00000111. The van der Waals surface area contributed by atoms with Gasteiger partial charge in [0.25, 0.3) is 6.43 Å². The van der Waals surface area contributed by atoms with E-state index in [9.17, 15) is 13.6 Å². The first-order valence-corrected chi connectivity index (χ1v) is 17.3. The third-order valence-corrected chi connectivity index (χ3v) is 8.02. The van der Waals surface area contributed by atoms with Crippen LogP contribution in [0.15, 0.2) is 24.4 Å². The standard InChI is InChI=1S/C23H22F3IN7O2P.2C2H6/c1-10-9-33(2)32-17(10)12-6-7-13(19(36-3)16(12)24)28-14-8-15(30-23(35)11-4-5-11)29-21-18(14)31-22(20(25)26)34(21)37-27;2*1-2/h6-9,11,20,37H,4-5H2,1-3H3,(H2,28,29,30,35);2*1-2H3. The zero-order valence-electron chi connectivity index (χ0n) is 23.9. The second-order valence-electron chi connectivity index (χ2n) is 8.65. The fraction of sp³-hybridized carbons (Fsp3) is 0.407. The second-order valence-corrected chi connectivity index (χ2v) is 10.7. The van der Waals surface area contributed by atoms with Crippen molar-refractivity contribution in [3.8, 4) is 17.0 Å². The number of halogens is 4. The number of hydrogen-bond donors (Lipinski definition) is 2. The Labute approximate surface area is 252 Å². The van der Waals surface area contributed by atoms with Crippen LogP contribution in [0.25, 0.3) is 22.4 Å². The molecule has 4 aromatic rings. The summed E-state index contributed by atoms with van der Waals surface area (Å²) in [4.78, 5) is 20.9. The number of ether oxygens (including phenoxy) is 1. The number of rotatable bonds is 8. The fourth-order valence-corrected chi connectivity index (χ4v) is 5.98. The lowest BCUT2D eigenvalue weighted by Crippen LogP contribution is -2.14. The Morgan fingerprint density at radius 1 is 1.17 bits per heavy atom. The number of methoxy groups -OCH3 is 1. The lowest BCUT2D eigenvalue weighted by atomic mass is 10.1. The first kappa shape index (κ1) is 32.6. The van der Waals surface area contributed by atoms with Crippen LogP contribution < -0.4 is 15.4 Å². The van der Waals surface area contributed by atoms with Gasteiger partial charge in [-0.2, -0.15) is 5.10 Å². The van der Waals surface area contributed by atoms with Gasteiger partial charge in [0.15, 0.2) is 23.0 Å². The number of pyridine rings is 1. The molecule has 1 amide bonds. The molecule has 1 fully saturated rings. The van der Waals surface area contributed by atoms with Crippen molar-refractivity contribution < 1.29 is 22.7 Å². The smallest absolute Gasteiger partial charge is 0.295 e. The summed E-state index contributed by atoms with van der Waals surface area (Å²) in [6.45, 7) is 9.83. The molecule has 1 aromatic carbocycles. The molecule has 1 aliphatic rings. The van der Waals surface area contributed by atoms with Gasteiger partial charge in [-0.05, 0) is 59.5 Å². The van der Waals surface area contributed by atoms with Gasteiger partial charge >= 0.3 is 0 Å². The summed E-state index contributed by atoms with van der Waals surface area (Å²) in [7, 11) is 3.09. The number of aromatic nitrogens is 5. The third-order valence-electron chi connectivity index (χ3n) is 5.96. The van der Waals surface area contributed by atoms with E-state index in [1.807, 2.05) is 56.7 Å². The van der Waals surface area contributed by atoms with E-state index in [4.69, 9.17) is 4.74 Å². The highest BCUT2D eigenvalue weighted by atomic mass is 127. The molecule has 5 rings (SSSR count). The summed E-state index contributed by atoms with van der Waals surface area (Å²) in [5.41, 5.74) is 2.38. The number of carbonyl (C=O) groups excluding carboxylic acids is 1. The van der Waals surface area contributed by atoms with Gasteiger partial charge in [-0.15, -0.1) is 0 Å². The summed E-state index contributed by atoms with van der Waals surface area (Å²) < 4.78 is 51.4. The topological polar surface area (TPSA) is 98.9 Å². The van der Waals surface area contributed by atoms with E-state index in [0.29, 0.717) is 5.69 Å². The average molecular weight is 703 g/mol. The molecular weight excluding hydrogens is 669 g/mol. The first-order valence-electron chi connectivity index (χ1n) is 13.2. The number of fused-ring (bicyclic) bond motifs is 1. The summed E-state index contributed by atoms with van der Waals surface area (Å²) in [5.74, 6) is -1.24. The largest absolute Gasteiger partial charge is 0.492 e. The summed E-state index contributed by atoms with van der Waals surface area (Å²) >= 11 is 1.97. The number of hydrogen-bond acceptors (Lipinski definition) is 6. The fourth-order valence-electron chi connectivity index (χ4n) is 4.08. The predicted octanol–water partition coefficient (Wildman–Crippen LogP) is 8.16. The van der Waals surface area contributed by atoms with Gasteiger partial charge in [0.05, 0.1) is 30.6 Å². The van der Waals surface area contributed by atoms with Crippen LogP contribution in [-0.2, 0) is 11.8 Å². The molecule has 14 heteroatoms. The first-order chi connectivity index (χ1) is 19.7. The van der Waals surface area contributed by atoms with Crippen LogP contribution in [0.2, 0.25) is 0 Å². The molecule has 0 aliphatic heterocycles. The molecule has 1 atom stereocenters. The molecule has 3 heterocycles. The van der Waals surface area contributed by atoms with Gasteiger partial charge in [-0.1, -0.05) is 27.7 Å². The molecule has 0 bridgehead atoms. The van der Waals surface area contributed by atoms with Crippen molar-refractivity contribution in [1.29, 1.82) is 0 Å². The molecule has 0 radical (unpaired) electrons. The Kier molecular flexibility index (Phi) is 11.4. The van der Waals surface area contributed by atoms with E-state index >= 15 is 4.39 Å².